The summed E-state index contributed by atoms with van der Waals surface area (Å²) < 4.78 is 15.0. The number of nitriles is 1. The second kappa shape index (κ2) is 4.67. The maximum Gasteiger partial charge on any atom is 0.201 e. The van der Waals surface area contributed by atoms with Crippen LogP contribution in [0.4, 0.5) is 10.3 Å². The SMILES string of the molecule is N#Cc1cccc(Cn2c(N)nc3cc(F)ccc32)c1. The fourth-order valence-corrected chi connectivity index (χ4v) is 2.21. The van der Waals surface area contributed by atoms with Crippen LogP contribution >= 0.6 is 0 Å². The Morgan fingerprint density at radius 1 is 1.25 bits per heavy atom. The lowest BCUT2D eigenvalue weighted by Crippen LogP contribution is -2.04. The third-order valence-corrected chi connectivity index (χ3v) is 3.14. The molecule has 0 saturated carbocycles. The molecule has 1 aromatic heterocycles. The summed E-state index contributed by atoms with van der Waals surface area (Å²) in [5.74, 6) is -0.0124. The lowest BCUT2D eigenvalue weighted by Gasteiger charge is -2.07. The van der Waals surface area contributed by atoms with Crippen LogP contribution in [0.1, 0.15) is 11.1 Å². The molecule has 1 heterocycles. The van der Waals surface area contributed by atoms with E-state index in [0.717, 1.165) is 11.1 Å². The Hall–Kier alpha value is -2.87. The van der Waals surface area contributed by atoms with Crippen molar-refractivity contribution in [3.8, 4) is 6.07 Å². The Balaban J connectivity index is 2.06. The van der Waals surface area contributed by atoms with Crippen molar-refractivity contribution < 1.29 is 4.39 Å². The molecule has 0 radical (unpaired) electrons. The van der Waals surface area contributed by atoms with Crippen molar-refractivity contribution in [1.82, 2.24) is 9.55 Å². The molecule has 0 spiro atoms. The average molecular weight is 266 g/mol. The van der Waals surface area contributed by atoms with E-state index in [1.54, 1.807) is 22.8 Å². The van der Waals surface area contributed by atoms with Crippen molar-refractivity contribution in [2.24, 2.45) is 0 Å². The number of imidazole rings is 1. The molecule has 0 unspecified atom stereocenters. The van der Waals surface area contributed by atoms with Crippen molar-refractivity contribution >= 4 is 17.0 Å². The van der Waals surface area contributed by atoms with Crippen LogP contribution in [0.5, 0.6) is 0 Å². The normalized spacial score (nSPS) is 10.6. The molecular weight excluding hydrogens is 255 g/mol. The highest BCUT2D eigenvalue weighted by Gasteiger charge is 2.09. The predicted octanol–water partition coefficient (Wildman–Crippen LogP) is 2.68. The number of nitrogens with zero attached hydrogens (tertiary/aromatic N) is 3. The number of benzene rings is 2. The highest BCUT2D eigenvalue weighted by molar-refractivity contribution is 5.78. The van der Waals surface area contributed by atoms with Gasteiger partial charge < -0.3 is 10.3 Å². The van der Waals surface area contributed by atoms with Crippen LogP contribution in [0, 0.1) is 17.1 Å². The van der Waals surface area contributed by atoms with E-state index >= 15 is 0 Å². The van der Waals surface area contributed by atoms with Gasteiger partial charge in [-0.2, -0.15) is 5.26 Å². The second-order valence-corrected chi connectivity index (χ2v) is 4.50. The molecule has 3 rings (SSSR count). The van der Waals surface area contributed by atoms with Crippen LogP contribution in [0.2, 0.25) is 0 Å². The van der Waals surface area contributed by atoms with Gasteiger partial charge in [0, 0.05) is 6.07 Å². The summed E-state index contributed by atoms with van der Waals surface area (Å²) in [6.45, 7) is 0.490. The Morgan fingerprint density at radius 3 is 2.90 bits per heavy atom. The van der Waals surface area contributed by atoms with Gasteiger partial charge in [-0.05, 0) is 29.8 Å². The van der Waals surface area contributed by atoms with Crippen molar-refractivity contribution in [1.29, 1.82) is 5.26 Å². The van der Waals surface area contributed by atoms with Gasteiger partial charge in [0.15, 0.2) is 0 Å². The van der Waals surface area contributed by atoms with Crippen LogP contribution in [-0.4, -0.2) is 9.55 Å². The Labute approximate surface area is 114 Å². The van der Waals surface area contributed by atoms with E-state index in [2.05, 4.69) is 11.1 Å². The highest BCUT2D eigenvalue weighted by atomic mass is 19.1. The molecule has 0 aliphatic rings. The summed E-state index contributed by atoms with van der Waals surface area (Å²) in [6, 6.07) is 13.8. The van der Waals surface area contributed by atoms with Gasteiger partial charge in [-0.25, -0.2) is 9.37 Å². The molecule has 0 aliphatic heterocycles. The van der Waals surface area contributed by atoms with E-state index in [4.69, 9.17) is 11.0 Å². The van der Waals surface area contributed by atoms with Crippen LogP contribution < -0.4 is 5.73 Å². The summed E-state index contributed by atoms with van der Waals surface area (Å²) in [6.07, 6.45) is 0. The number of fused-ring (bicyclic) bond motifs is 1. The summed E-state index contributed by atoms with van der Waals surface area (Å²) in [4.78, 5) is 4.15. The van der Waals surface area contributed by atoms with Crippen molar-refractivity contribution in [2.45, 2.75) is 6.54 Å². The topological polar surface area (TPSA) is 67.6 Å². The second-order valence-electron chi connectivity index (χ2n) is 4.50. The molecule has 2 N–H and O–H groups in total. The summed E-state index contributed by atoms with van der Waals surface area (Å²) in [5.41, 5.74) is 8.72. The molecule has 0 amide bonds. The van der Waals surface area contributed by atoms with E-state index in [1.807, 2.05) is 12.1 Å². The molecule has 3 aromatic rings. The van der Waals surface area contributed by atoms with Gasteiger partial charge in [-0.3, -0.25) is 0 Å². The van der Waals surface area contributed by atoms with Crippen LogP contribution in [0.25, 0.3) is 11.0 Å². The zero-order valence-electron chi connectivity index (χ0n) is 10.5. The zero-order valence-corrected chi connectivity index (χ0v) is 10.5. The zero-order chi connectivity index (χ0) is 14.1. The first-order valence-corrected chi connectivity index (χ1v) is 6.07. The van der Waals surface area contributed by atoms with E-state index in [-0.39, 0.29) is 5.82 Å². The maximum atomic E-state index is 13.2. The fraction of sp³-hybridized carbons (Fsp3) is 0.0667. The third kappa shape index (κ3) is 2.08. The summed E-state index contributed by atoms with van der Waals surface area (Å²) >= 11 is 0. The lowest BCUT2D eigenvalue weighted by molar-refractivity contribution is 0.629. The molecule has 2 aromatic carbocycles. The molecule has 0 fully saturated rings. The first-order valence-electron chi connectivity index (χ1n) is 6.07. The van der Waals surface area contributed by atoms with Gasteiger partial charge in [0.2, 0.25) is 5.95 Å². The van der Waals surface area contributed by atoms with Gasteiger partial charge in [0.05, 0.1) is 29.2 Å². The van der Waals surface area contributed by atoms with Crippen LogP contribution in [-0.2, 0) is 6.54 Å². The molecule has 4 nitrogen and oxygen atoms in total. The molecule has 98 valence electrons. The third-order valence-electron chi connectivity index (χ3n) is 3.14. The quantitative estimate of drug-likeness (QED) is 0.775. The lowest BCUT2D eigenvalue weighted by atomic mass is 10.1. The molecule has 0 aliphatic carbocycles. The molecule has 0 bridgehead atoms. The number of anilines is 1. The smallest absolute Gasteiger partial charge is 0.201 e. The minimum absolute atomic E-state index is 0.327. The van der Waals surface area contributed by atoms with Gasteiger partial charge in [-0.15, -0.1) is 0 Å². The molecule has 0 atom stereocenters. The number of hydrogen-bond acceptors (Lipinski definition) is 3. The van der Waals surface area contributed by atoms with E-state index in [9.17, 15) is 4.39 Å². The number of hydrogen-bond donors (Lipinski definition) is 1. The van der Waals surface area contributed by atoms with Gasteiger partial charge in [0.25, 0.3) is 0 Å². The Kier molecular flexibility index (Phi) is 2.84. The number of rotatable bonds is 2. The van der Waals surface area contributed by atoms with Crippen LogP contribution in [0.15, 0.2) is 42.5 Å². The standard InChI is InChI=1S/C15H11FN4/c16-12-4-5-14-13(7-12)19-15(18)20(14)9-11-3-1-2-10(6-11)8-17/h1-7H,9H2,(H2,18,19). The minimum Gasteiger partial charge on any atom is -0.369 e. The van der Waals surface area contributed by atoms with Crippen molar-refractivity contribution in [3.05, 3.63) is 59.4 Å². The first-order chi connectivity index (χ1) is 9.67. The van der Waals surface area contributed by atoms with Gasteiger partial charge in [0.1, 0.15) is 5.82 Å². The number of nitrogens with two attached hydrogens (primary N) is 1. The minimum atomic E-state index is -0.339. The monoisotopic (exact) mass is 266 g/mol. The number of halogens is 1. The number of aromatic nitrogens is 2. The van der Waals surface area contributed by atoms with E-state index in [1.165, 1.54) is 12.1 Å². The van der Waals surface area contributed by atoms with E-state index in [0.29, 0.717) is 23.6 Å². The molecule has 0 saturated heterocycles. The molecular formula is C15H11FN4. The first kappa shape index (κ1) is 12.2. The summed E-state index contributed by atoms with van der Waals surface area (Å²) in [5, 5.41) is 8.91. The largest absolute Gasteiger partial charge is 0.369 e. The Bertz CT molecular complexity index is 829. The maximum absolute atomic E-state index is 13.2. The average Bonchev–Trinajstić information content (AvgIpc) is 2.74. The van der Waals surface area contributed by atoms with Crippen molar-refractivity contribution in [2.75, 3.05) is 5.73 Å². The van der Waals surface area contributed by atoms with Gasteiger partial charge >= 0.3 is 0 Å². The Morgan fingerprint density at radius 2 is 2.10 bits per heavy atom. The van der Waals surface area contributed by atoms with Crippen molar-refractivity contribution in [3.63, 3.8) is 0 Å². The van der Waals surface area contributed by atoms with Gasteiger partial charge in [-0.1, -0.05) is 12.1 Å². The molecule has 5 heteroatoms. The summed E-state index contributed by atoms with van der Waals surface area (Å²) in [7, 11) is 0. The fourth-order valence-electron chi connectivity index (χ4n) is 2.21. The highest BCUT2D eigenvalue weighted by Crippen LogP contribution is 2.20. The van der Waals surface area contributed by atoms with Crippen LogP contribution in [0.3, 0.4) is 0 Å². The van der Waals surface area contributed by atoms with E-state index < -0.39 is 0 Å². The molecule has 20 heavy (non-hydrogen) atoms. The number of nitrogen functional groups attached to an aromatic ring is 1. The predicted molar refractivity (Wildman–Crippen MR) is 74.4 cm³/mol.